The average Bonchev–Trinajstić information content (AvgIpc) is 2.61. The van der Waals surface area contributed by atoms with Gasteiger partial charge >= 0.3 is 0 Å². The molecule has 0 spiro atoms. The number of pyridine rings is 1. The third kappa shape index (κ3) is 4.17. The Morgan fingerprint density at radius 1 is 1.22 bits per heavy atom. The number of ketones is 1. The third-order valence-electron chi connectivity index (χ3n) is 3.21. The van der Waals surface area contributed by atoms with Gasteiger partial charge in [0.05, 0.1) is 26.0 Å². The van der Waals surface area contributed by atoms with Gasteiger partial charge in [0.25, 0.3) is 0 Å². The van der Waals surface area contributed by atoms with Crippen LogP contribution in [0.15, 0.2) is 48.7 Å². The van der Waals surface area contributed by atoms with Crippen molar-refractivity contribution in [3.63, 3.8) is 0 Å². The van der Waals surface area contributed by atoms with E-state index in [-0.39, 0.29) is 5.78 Å². The summed E-state index contributed by atoms with van der Waals surface area (Å²) in [6, 6.07) is 12.4. The molecule has 0 amide bonds. The maximum Gasteiger partial charge on any atom is 0.178 e. The van der Waals surface area contributed by atoms with Gasteiger partial charge in [0.1, 0.15) is 11.5 Å². The zero-order valence-corrected chi connectivity index (χ0v) is 12.9. The number of hydrogen-bond donors (Lipinski definition) is 0. The highest BCUT2D eigenvalue weighted by molar-refractivity contribution is 6.00. The molecule has 0 radical (unpaired) electrons. The van der Waals surface area contributed by atoms with E-state index in [2.05, 4.69) is 4.98 Å². The molecule has 1 unspecified atom stereocenters. The normalized spacial score (nSPS) is 11.7. The van der Waals surface area contributed by atoms with Crippen LogP contribution in [0.4, 0.5) is 0 Å². The van der Waals surface area contributed by atoms with Crippen LogP contribution >= 0.6 is 0 Å². The van der Waals surface area contributed by atoms with Crippen LogP contribution in [0.5, 0.6) is 11.5 Å². The van der Waals surface area contributed by atoms with Gasteiger partial charge in [0, 0.05) is 12.3 Å². The zero-order chi connectivity index (χ0) is 16.7. The van der Waals surface area contributed by atoms with E-state index in [4.69, 9.17) is 9.47 Å². The van der Waals surface area contributed by atoms with Gasteiger partial charge in [-0.2, -0.15) is 5.26 Å². The summed E-state index contributed by atoms with van der Waals surface area (Å²) >= 11 is 0. The van der Waals surface area contributed by atoms with E-state index in [1.54, 1.807) is 62.9 Å². The number of nitrogens with zero attached hydrogens (tertiary/aromatic N) is 2. The number of methoxy groups -OCH3 is 2. The lowest BCUT2D eigenvalue weighted by Crippen LogP contribution is -2.09. The van der Waals surface area contributed by atoms with Crippen molar-refractivity contribution in [2.75, 3.05) is 14.2 Å². The Bertz CT molecular complexity index is 726. The Kier molecular flexibility index (Phi) is 5.48. The van der Waals surface area contributed by atoms with Crippen molar-refractivity contribution in [1.82, 2.24) is 4.98 Å². The van der Waals surface area contributed by atoms with E-state index < -0.39 is 5.92 Å². The van der Waals surface area contributed by atoms with E-state index in [0.717, 1.165) is 5.56 Å². The molecule has 2 rings (SSSR count). The van der Waals surface area contributed by atoms with Gasteiger partial charge in [-0.3, -0.25) is 9.78 Å². The second-order valence-corrected chi connectivity index (χ2v) is 4.70. The highest BCUT2D eigenvalue weighted by Crippen LogP contribution is 2.23. The van der Waals surface area contributed by atoms with Crippen LogP contribution in [0.25, 0.3) is 6.08 Å². The number of carbonyl (C=O) groups excluding carboxylic acids is 1. The number of ether oxygens (including phenoxy) is 2. The van der Waals surface area contributed by atoms with Crippen molar-refractivity contribution < 1.29 is 14.3 Å². The summed E-state index contributed by atoms with van der Waals surface area (Å²) in [7, 11) is 3.11. The Labute approximate surface area is 134 Å². The molecule has 5 nitrogen and oxygen atoms in total. The van der Waals surface area contributed by atoms with Gasteiger partial charge < -0.3 is 9.47 Å². The van der Waals surface area contributed by atoms with Crippen molar-refractivity contribution in [2.24, 2.45) is 0 Å². The van der Waals surface area contributed by atoms with Gasteiger partial charge in [-0.1, -0.05) is 12.1 Å². The molecule has 2 aromatic rings. The molecule has 0 fully saturated rings. The number of hydrogen-bond acceptors (Lipinski definition) is 5. The number of aromatic nitrogens is 1. The molecule has 1 atom stereocenters. The maximum atomic E-state index is 12.2. The molecule has 0 N–H and O–H groups in total. The average molecular weight is 308 g/mol. The van der Waals surface area contributed by atoms with Gasteiger partial charge in [-0.15, -0.1) is 0 Å². The van der Waals surface area contributed by atoms with Crippen molar-refractivity contribution in [3.05, 3.63) is 59.9 Å². The largest absolute Gasteiger partial charge is 0.497 e. The highest BCUT2D eigenvalue weighted by atomic mass is 16.5. The van der Waals surface area contributed by atoms with Crippen LogP contribution in [-0.2, 0) is 4.79 Å². The lowest BCUT2D eigenvalue weighted by Gasteiger charge is -2.06. The molecule has 0 aliphatic heterocycles. The first-order chi connectivity index (χ1) is 11.2. The maximum absolute atomic E-state index is 12.2. The van der Waals surface area contributed by atoms with Gasteiger partial charge in [-0.25, -0.2) is 0 Å². The summed E-state index contributed by atoms with van der Waals surface area (Å²) in [5.41, 5.74) is 1.18. The first-order valence-electron chi connectivity index (χ1n) is 6.93. The van der Waals surface area contributed by atoms with E-state index in [1.165, 1.54) is 6.08 Å². The van der Waals surface area contributed by atoms with Crippen molar-refractivity contribution in [1.29, 1.82) is 5.26 Å². The van der Waals surface area contributed by atoms with Gasteiger partial charge in [0.15, 0.2) is 11.7 Å². The summed E-state index contributed by atoms with van der Waals surface area (Å²) in [5, 5.41) is 9.23. The lowest BCUT2D eigenvalue weighted by molar-refractivity contribution is -0.114. The first-order valence-corrected chi connectivity index (χ1v) is 6.93. The molecule has 1 aromatic heterocycles. The van der Waals surface area contributed by atoms with Crippen LogP contribution in [-0.4, -0.2) is 25.0 Å². The predicted octanol–water partition coefficient (Wildman–Crippen LogP) is 2.99. The quantitative estimate of drug-likeness (QED) is 0.767. The number of allylic oxidation sites excluding steroid dienone is 1. The Hall–Kier alpha value is -3.13. The summed E-state index contributed by atoms with van der Waals surface area (Å²) in [4.78, 5) is 16.3. The first kappa shape index (κ1) is 16.2. The number of nitriles is 1. The summed E-state index contributed by atoms with van der Waals surface area (Å²) in [6.07, 6.45) is 4.56. The highest BCUT2D eigenvalue weighted by Gasteiger charge is 2.18. The molecular weight excluding hydrogens is 292 g/mol. The minimum atomic E-state index is -0.917. The van der Waals surface area contributed by atoms with Crippen molar-refractivity contribution in [3.8, 4) is 17.6 Å². The molecule has 116 valence electrons. The summed E-state index contributed by atoms with van der Waals surface area (Å²) in [6.45, 7) is 0. The molecule has 0 bridgehead atoms. The van der Waals surface area contributed by atoms with E-state index in [0.29, 0.717) is 17.2 Å². The topological polar surface area (TPSA) is 72.2 Å². The van der Waals surface area contributed by atoms with Gasteiger partial charge in [0.2, 0.25) is 0 Å². The second-order valence-electron chi connectivity index (χ2n) is 4.70. The molecule has 0 saturated heterocycles. The van der Waals surface area contributed by atoms with Crippen molar-refractivity contribution in [2.45, 2.75) is 5.92 Å². The molecule has 1 aromatic carbocycles. The van der Waals surface area contributed by atoms with E-state index in [1.807, 2.05) is 6.07 Å². The molecular formula is C18H16N2O3. The molecule has 0 aliphatic rings. The molecule has 0 saturated carbocycles. The van der Waals surface area contributed by atoms with Crippen molar-refractivity contribution >= 4 is 11.9 Å². The molecule has 23 heavy (non-hydrogen) atoms. The van der Waals surface area contributed by atoms with Crippen LogP contribution in [0.1, 0.15) is 17.2 Å². The second kappa shape index (κ2) is 7.76. The van der Waals surface area contributed by atoms with E-state index >= 15 is 0 Å². The molecule has 0 aliphatic carbocycles. The van der Waals surface area contributed by atoms with Crippen LogP contribution < -0.4 is 9.47 Å². The summed E-state index contributed by atoms with van der Waals surface area (Å²) < 4.78 is 10.4. The minimum absolute atomic E-state index is 0.326. The Morgan fingerprint density at radius 2 is 1.91 bits per heavy atom. The zero-order valence-electron chi connectivity index (χ0n) is 12.9. The van der Waals surface area contributed by atoms with Crippen LogP contribution in [0.3, 0.4) is 0 Å². The fraction of sp³-hybridized carbons (Fsp3) is 0.167. The number of carbonyl (C=O) groups is 1. The SMILES string of the molecule is COc1cc(/C=C/C(=O)C(C#N)c2ccccn2)cc(OC)c1. The van der Waals surface area contributed by atoms with Crippen LogP contribution in [0.2, 0.25) is 0 Å². The smallest absolute Gasteiger partial charge is 0.178 e. The molecule has 5 heteroatoms. The Balaban J connectivity index is 2.22. The van der Waals surface area contributed by atoms with E-state index in [9.17, 15) is 10.1 Å². The minimum Gasteiger partial charge on any atom is -0.497 e. The fourth-order valence-electron chi connectivity index (χ4n) is 2.02. The summed E-state index contributed by atoms with van der Waals surface area (Å²) in [5.74, 6) is 0.00366. The Morgan fingerprint density at radius 3 is 2.43 bits per heavy atom. The fourth-order valence-corrected chi connectivity index (χ4v) is 2.02. The number of benzene rings is 1. The standard InChI is InChI=1S/C18H16N2O3/c1-22-14-9-13(10-15(11-14)23-2)6-7-18(21)16(12-19)17-5-3-4-8-20-17/h3-11,16H,1-2H3/b7-6+. The third-order valence-corrected chi connectivity index (χ3v) is 3.21. The van der Waals surface area contributed by atoms with Crippen LogP contribution in [0, 0.1) is 11.3 Å². The van der Waals surface area contributed by atoms with Gasteiger partial charge in [-0.05, 0) is 35.9 Å². The predicted molar refractivity (Wildman–Crippen MR) is 86.2 cm³/mol. The molecule has 1 heterocycles. The monoisotopic (exact) mass is 308 g/mol. The number of rotatable bonds is 6. The lowest BCUT2D eigenvalue weighted by atomic mass is 10.00.